The van der Waals surface area contributed by atoms with Gasteiger partial charge >= 0.3 is 0 Å². The molecule has 2 heteroatoms. The average Bonchev–Trinajstić information content (AvgIpc) is 2.43. The van der Waals surface area contributed by atoms with Gasteiger partial charge in [-0.2, -0.15) is 0 Å². The van der Waals surface area contributed by atoms with Gasteiger partial charge in [-0.3, -0.25) is 4.98 Å². The molecule has 0 fully saturated rings. The Kier molecular flexibility index (Phi) is 4.71. The molecule has 0 aliphatic heterocycles. The Labute approximate surface area is 109 Å². The first kappa shape index (κ1) is 13.0. The van der Waals surface area contributed by atoms with Crippen molar-refractivity contribution >= 4 is 10.9 Å². The Hall–Kier alpha value is -1.41. The van der Waals surface area contributed by atoms with Gasteiger partial charge in [-0.1, -0.05) is 32.0 Å². The van der Waals surface area contributed by atoms with E-state index in [0.717, 1.165) is 18.6 Å². The number of hydrogen-bond acceptors (Lipinski definition) is 2. The maximum Gasteiger partial charge on any atom is 0.0702 e. The van der Waals surface area contributed by atoms with Crippen LogP contribution >= 0.6 is 0 Å². The van der Waals surface area contributed by atoms with Crippen molar-refractivity contribution in [2.45, 2.75) is 32.6 Å². The van der Waals surface area contributed by atoms with E-state index in [0.29, 0.717) is 5.92 Å². The second-order valence-electron chi connectivity index (χ2n) is 4.90. The number of aromatic nitrogens is 1. The fourth-order valence-electron chi connectivity index (χ4n) is 2.14. The van der Waals surface area contributed by atoms with Crippen molar-refractivity contribution in [1.82, 2.24) is 10.3 Å². The zero-order chi connectivity index (χ0) is 12.8. The Morgan fingerprint density at radius 2 is 2.06 bits per heavy atom. The zero-order valence-corrected chi connectivity index (χ0v) is 11.3. The third-order valence-corrected chi connectivity index (χ3v) is 3.36. The Bertz CT molecular complexity index is 493. The van der Waals surface area contributed by atoms with Gasteiger partial charge in [0.1, 0.15) is 0 Å². The number of pyridine rings is 1. The Balaban J connectivity index is 2.01. The summed E-state index contributed by atoms with van der Waals surface area (Å²) in [7, 11) is 0. The molecule has 1 aromatic carbocycles. The summed E-state index contributed by atoms with van der Waals surface area (Å²) in [4.78, 5) is 4.53. The first-order valence-electron chi connectivity index (χ1n) is 6.86. The topological polar surface area (TPSA) is 24.9 Å². The number of nitrogens with zero attached hydrogens (tertiary/aromatic N) is 1. The van der Waals surface area contributed by atoms with E-state index < -0.39 is 0 Å². The van der Waals surface area contributed by atoms with Gasteiger partial charge in [-0.25, -0.2) is 0 Å². The summed E-state index contributed by atoms with van der Waals surface area (Å²) in [6, 6.07) is 10.6. The largest absolute Gasteiger partial charge is 0.317 e. The molecule has 1 N–H and O–H groups in total. The number of fused-ring (bicyclic) bond motifs is 1. The number of benzene rings is 1. The van der Waals surface area contributed by atoms with E-state index in [1.54, 1.807) is 0 Å². The van der Waals surface area contributed by atoms with E-state index in [2.05, 4.69) is 48.4 Å². The molecule has 18 heavy (non-hydrogen) atoms. The third-order valence-electron chi connectivity index (χ3n) is 3.36. The maximum atomic E-state index is 4.53. The molecule has 0 saturated heterocycles. The zero-order valence-electron chi connectivity index (χ0n) is 11.3. The van der Waals surface area contributed by atoms with Gasteiger partial charge in [0, 0.05) is 11.6 Å². The SMILES string of the molecule is CCCNCCC(C)c1cnc2ccccc2c1. The highest BCUT2D eigenvalue weighted by molar-refractivity contribution is 5.78. The summed E-state index contributed by atoms with van der Waals surface area (Å²) >= 11 is 0. The molecule has 1 atom stereocenters. The molecule has 1 heterocycles. The maximum absolute atomic E-state index is 4.53. The van der Waals surface area contributed by atoms with E-state index in [9.17, 15) is 0 Å². The molecule has 0 spiro atoms. The van der Waals surface area contributed by atoms with Crippen LogP contribution in [0.15, 0.2) is 36.5 Å². The van der Waals surface area contributed by atoms with Crippen LogP contribution in [0, 0.1) is 0 Å². The number of nitrogens with one attached hydrogen (secondary N) is 1. The fraction of sp³-hybridized carbons (Fsp3) is 0.438. The van der Waals surface area contributed by atoms with E-state index >= 15 is 0 Å². The summed E-state index contributed by atoms with van der Waals surface area (Å²) < 4.78 is 0. The second-order valence-corrected chi connectivity index (χ2v) is 4.90. The minimum absolute atomic E-state index is 0.562. The summed E-state index contributed by atoms with van der Waals surface area (Å²) in [5.41, 5.74) is 2.42. The van der Waals surface area contributed by atoms with Crippen molar-refractivity contribution in [3.05, 3.63) is 42.1 Å². The van der Waals surface area contributed by atoms with Crippen molar-refractivity contribution in [2.24, 2.45) is 0 Å². The highest BCUT2D eigenvalue weighted by Crippen LogP contribution is 2.21. The number of para-hydroxylation sites is 1. The van der Waals surface area contributed by atoms with Crippen LogP contribution in [0.4, 0.5) is 0 Å². The highest BCUT2D eigenvalue weighted by Gasteiger charge is 2.06. The molecular weight excluding hydrogens is 220 g/mol. The highest BCUT2D eigenvalue weighted by atomic mass is 14.8. The second kappa shape index (κ2) is 6.50. The molecule has 0 amide bonds. The predicted molar refractivity (Wildman–Crippen MR) is 77.9 cm³/mol. The van der Waals surface area contributed by atoms with Gasteiger partial charge in [0.05, 0.1) is 5.52 Å². The van der Waals surface area contributed by atoms with Gasteiger partial charge in [-0.15, -0.1) is 0 Å². The van der Waals surface area contributed by atoms with Crippen molar-refractivity contribution in [3.8, 4) is 0 Å². The lowest BCUT2D eigenvalue weighted by Crippen LogP contribution is -2.17. The molecule has 2 rings (SSSR count). The average molecular weight is 242 g/mol. The summed E-state index contributed by atoms with van der Waals surface area (Å²) in [6.45, 7) is 6.67. The summed E-state index contributed by atoms with van der Waals surface area (Å²) in [5, 5.41) is 4.69. The smallest absolute Gasteiger partial charge is 0.0702 e. The van der Waals surface area contributed by atoms with Crippen LogP contribution in [0.1, 0.15) is 38.2 Å². The normalized spacial score (nSPS) is 12.8. The molecule has 0 aliphatic carbocycles. The molecule has 0 radical (unpaired) electrons. The van der Waals surface area contributed by atoms with Crippen molar-refractivity contribution in [2.75, 3.05) is 13.1 Å². The van der Waals surface area contributed by atoms with Crippen LogP contribution in [-0.4, -0.2) is 18.1 Å². The monoisotopic (exact) mass is 242 g/mol. The van der Waals surface area contributed by atoms with Crippen LogP contribution in [0.5, 0.6) is 0 Å². The molecule has 1 aromatic heterocycles. The lowest BCUT2D eigenvalue weighted by Gasteiger charge is -2.12. The van der Waals surface area contributed by atoms with Gasteiger partial charge in [0.25, 0.3) is 0 Å². The quantitative estimate of drug-likeness (QED) is 0.781. The first-order valence-corrected chi connectivity index (χ1v) is 6.86. The fourth-order valence-corrected chi connectivity index (χ4v) is 2.14. The van der Waals surface area contributed by atoms with Crippen LogP contribution in [0.3, 0.4) is 0 Å². The van der Waals surface area contributed by atoms with Crippen LogP contribution < -0.4 is 5.32 Å². The Morgan fingerprint density at radius 3 is 2.89 bits per heavy atom. The molecule has 0 saturated carbocycles. The van der Waals surface area contributed by atoms with Crippen LogP contribution in [0.25, 0.3) is 10.9 Å². The van der Waals surface area contributed by atoms with Gasteiger partial charge < -0.3 is 5.32 Å². The number of hydrogen-bond donors (Lipinski definition) is 1. The molecule has 96 valence electrons. The molecule has 2 aromatic rings. The van der Waals surface area contributed by atoms with Crippen molar-refractivity contribution < 1.29 is 0 Å². The molecular formula is C16H22N2. The lowest BCUT2D eigenvalue weighted by molar-refractivity contribution is 0.590. The van der Waals surface area contributed by atoms with E-state index in [4.69, 9.17) is 0 Å². The minimum Gasteiger partial charge on any atom is -0.317 e. The number of rotatable bonds is 6. The summed E-state index contributed by atoms with van der Waals surface area (Å²) in [5.74, 6) is 0.562. The molecule has 1 unspecified atom stereocenters. The van der Waals surface area contributed by atoms with Gasteiger partial charge in [0.15, 0.2) is 0 Å². The van der Waals surface area contributed by atoms with E-state index in [1.807, 2.05) is 12.3 Å². The predicted octanol–water partition coefficient (Wildman–Crippen LogP) is 3.73. The molecule has 0 bridgehead atoms. The van der Waals surface area contributed by atoms with E-state index in [1.165, 1.54) is 23.8 Å². The van der Waals surface area contributed by atoms with Gasteiger partial charge in [0.2, 0.25) is 0 Å². The van der Waals surface area contributed by atoms with Crippen LogP contribution in [-0.2, 0) is 0 Å². The standard InChI is InChI=1S/C16H22N2/c1-3-9-17-10-8-13(2)15-11-14-6-4-5-7-16(14)18-12-15/h4-7,11-13,17H,3,8-10H2,1-2H3. The first-order chi connectivity index (χ1) is 8.81. The summed E-state index contributed by atoms with van der Waals surface area (Å²) in [6.07, 6.45) is 4.39. The van der Waals surface area contributed by atoms with Crippen molar-refractivity contribution in [3.63, 3.8) is 0 Å². The van der Waals surface area contributed by atoms with Crippen LogP contribution in [0.2, 0.25) is 0 Å². The molecule has 0 aliphatic rings. The van der Waals surface area contributed by atoms with E-state index in [-0.39, 0.29) is 0 Å². The van der Waals surface area contributed by atoms with Gasteiger partial charge in [-0.05, 0) is 49.5 Å². The molecule has 2 nitrogen and oxygen atoms in total. The third kappa shape index (κ3) is 3.30. The minimum atomic E-state index is 0.562. The Morgan fingerprint density at radius 1 is 1.22 bits per heavy atom. The lowest BCUT2D eigenvalue weighted by atomic mass is 9.98. The van der Waals surface area contributed by atoms with Crippen molar-refractivity contribution in [1.29, 1.82) is 0 Å².